The number of ether oxygens (including phenoxy) is 1. The van der Waals surface area contributed by atoms with E-state index >= 15 is 0 Å². The molecule has 1 atom stereocenters. The predicted molar refractivity (Wildman–Crippen MR) is 128 cm³/mol. The van der Waals surface area contributed by atoms with E-state index in [1.54, 1.807) is 6.92 Å². The minimum Gasteiger partial charge on any atom is -0.481 e. The molecule has 2 N–H and O–H groups in total. The van der Waals surface area contributed by atoms with Gasteiger partial charge in [-0.2, -0.15) is 0 Å². The third-order valence-electron chi connectivity index (χ3n) is 4.63. The number of sulfonamides is 1. The molecule has 6 nitrogen and oxygen atoms in total. The lowest BCUT2D eigenvalue weighted by Crippen LogP contribution is -2.30. The smallest absolute Gasteiger partial charge is 0.265 e. The van der Waals surface area contributed by atoms with Crippen molar-refractivity contribution in [1.29, 1.82) is 0 Å². The molecule has 3 aromatic carbocycles. The average Bonchev–Trinajstić information content (AvgIpc) is 2.76. The highest BCUT2D eigenvalue weighted by molar-refractivity contribution is 7.92. The van der Waals surface area contributed by atoms with Gasteiger partial charge in [-0.05, 0) is 67.4 Å². The van der Waals surface area contributed by atoms with Crippen LogP contribution < -0.4 is 14.8 Å². The first kappa shape index (κ1) is 23.9. The Morgan fingerprint density at radius 3 is 2.38 bits per heavy atom. The second kappa shape index (κ2) is 10.3. The molecule has 0 aromatic heterocycles. The van der Waals surface area contributed by atoms with E-state index in [-0.39, 0.29) is 21.5 Å². The van der Waals surface area contributed by atoms with Crippen LogP contribution in [-0.4, -0.2) is 20.4 Å². The highest BCUT2D eigenvalue weighted by Gasteiger charge is 2.18. The van der Waals surface area contributed by atoms with Crippen LogP contribution in [0.3, 0.4) is 0 Å². The Kier molecular flexibility index (Phi) is 7.66. The van der Waals surface area contributed by atoms with Crippen molar-refractivity contribution in [3.63, 3.8) is 0 Å². The molecule has 1 amide bonds. The number of hydrogen-bond donors (Lipinski definition) is 2. The van der Waals surface area contributed by atoms with Gasteiger partial charge in [-0.3, -0.25) is 9.52 Å². The number of halogens is 2. The Morgan fingerprint density at radius 2 is 1.72 bits per heavy atom. The summed E-state index contributed by atoms with van der Waals surface area (Å²) in [5.74, 6) is 0.309. The van der Waals surface area contributed by atoms with Crippen molar-refractivity contribution in [2.24, 2.45) is 0 Å². The monoisotopic (exact) mass is 492 g/mol. The molecule has 0 spiro atoms. The molecule has 168 valence electrons. The fourth-order valence-corrected chi connectivity index (χ4v) is 4.48. The summed E-state index contributed by atoms with van der Waals surface area (Å²) in [4.78, 5) is 12.5. The first-order valence-electron chi connectivity index (χ1n) is 9.83. The van der Waals surface area contributed by atoms with Gasteiger partial charge in [0.05, 0.1) is 15.6 Å². The van der Waals surface area contributed by atoms with Crippen molar-refractivity contribution < 1.29 is 17.9 Å². The number of amides is 1. The molecule has 3 rings (SSSR count). The van der Waals surface area contributed by atoms with E-state index in [2.05, 4.69) is 10.0 Å². The fraction of sp³-hybridized carbons (Fsp3) is 0.174. The van der Waals surface area contributed by atoms with Gasteiger partial charge in [0.15, 0.2) is 6.10 Å². The van der Waals surface area contributed by atoms with E-state index < -0.39 is 16.1 Å². The maximum absolute atomic E-state index is 12.6. The van der Waals surface area contributed by atoms with Crippen molar-refractivity contribution in [2.45, 2.75) is 31.3 Å². The van der Waals surface area contributed by atoms with Crippen molar-refractivity contribution in [3.8, 4) is 5.75 Å². The lowest BCUT2D eigenvalue weighted by molar-refractivity contribution is -0.122. The minimum atomic E-state index is -3.87. The second-order valence-electron chi connectivity index (χ2n) is 6.96. The van der Waals surface area contributed by atoms with Crippen LogP contribution >= 0.6 is 23.2 Å². The minimum absolute atomic E-state index is 0.0164. The summed E-state index contributed by atoms with van der Waals surface area (Å²) < 4.78 is 33.5. The number of benzene rings is 3. The van der Waals surface area contributed by atoms with Crippen LogP contribution in [0, 0.1) is 0 Å². The molecule has 0 heterocycles. The molecule has 3 aromatic rings. The van der Waals surface area contributed by atoms with Crippen molar-refractivity contribution in [3.05, 3.63) is 82.3 Å². The zero-order valence-electron chi connectivity index (χ0n) is 17.4. The van der Waals surface area contributed by atoms with Crippen LogP contribution in [0.2, 0.25) is 10.0 Å². The Morgan fingerprint density at radius 1 is 1.03 bits per heavy atom. The first-order chi connectivity index (χ1) is 15.2. The highest BCUT2D eigenvalue weighted by atomic mass is 35.5. The maximum Gasteiger partial charge on any atom is 0.265 e. The molecule has 0 saturated carbocycles. The summed E-state index contributed by atoms with van der Waals surface area (Å²) in [5.41, 5.74) is 1.67. The van der Waals surface area contributed by atoms with E-state index in [1.165, 1.54) is 42.5 Å². The van der Waals surface area contributed by atoms with Gasteiger partial charge in [-0.25, -0.2) is 8.42 Å². The van der Waals surface area contributed by atoms with Gasteiger partial charge in [-0.15, -0.1) is 0 Å². The number of nitrogens with one attached hydrogen (secondary N) is 2. The van der Waals surface area contributed by atoms with Gasteiger partial charge in [0.25, 0.3) is 15.9 Å². The maximum atomic E-state index is 12.6. The van der Waals surface area contributed by atoms with Gasteiger partial charge < -0.3 is 10.1 Å². The number of carbonyl (C=O) groups is 1. The summed E-state index contributed by atoms with van der Waals surface area (Å²) in [5, 5.41) is 3.31. The van der Waals surface area contributed by atoms with Gasteiger partial charge in [-0.1, -0.05) is 48.3 Å². The van der Waals surface area contributed by atoms with Crippen LogP contribution in [0.1, 0.15) is 19.4 Å². The lowest BCUT2D eigenvalue weighted by Gasteiger charge is -2.17. The van der Waals surface area contributed by atoms with Crippen molar-refractivity contribution in [2.75, 3.05) is 10.0 Å². The van der Waals surface area contributed by atoms with Crippen LogP contribution in [0.15, 0.2) is 71.6 Å². The van der Waals surface area contributed by atoms with Crippen molar-refractivity contribution in [1.82, 2.24) is 0 Å². The Balaban J connectivity index is 1.66. The molecule has 9 heteroatoms. The first-order valence-corrected chi connectivity index (χ1v) is 12.1. The molecule has 32 heavy (non-hydrogen) atoms. The molecule has 0 aliphatic carbocycles. The van der Waals surface area contributed by atoms with E-state index in [1.807, 2.05) is 31.2 Å². The molecule has 0 aliphatic rings. The predicted octanol–water partition coefficient (Wildman–Crippen LogP) is 5.76. The molecular weight excluding hydrogens is 471 g/mol. The van der Waals surface area contributed by atoms with E-state index in [0.29, 0.717) is 16.5 Å². The normalized spacial score (nSPS) is 12.1. The Hall–Kier alpha value is -2.74. The molecule has 0 fully saturated rings. The fourth-order valence-electron chi connectivity index (χ4n) is 2.89. The van der Waals surface area contributed by atoms with Gasteiger partial charge in [0.1, 0.15) is 5.75 Å². The number of rotatable bonds is 8. The van der Waals surface area contributed by atoms with Crippen molar-refractivity contribution >= 4 is 50.5 Å². The highest BCUT2D eigenvalue weighted by Crippen LogP contribution is 2.28. The second-order valence-corrected chi connectivity index (χ2v) is 9.49. The Bertz CT molecular complexity index is 1210. The van der Waals surface area contributed by atoms with Crippen LogP contribution in [0.4, 0.5) is 11.4 Å². The number of hydrogen-bond acceptors (Lipinski definition) is 4. The summed E-state index contributed by atoms with van der Waals surface area (Å²) >= 11 is 11.9. The molecule has 0 saturated heterocycles. The molecule has 1 unspecified atom stereocenters. The molecule has 0 radical (unpaired) electrons. The number of anilines is 2. The third kappa shape index (κ3) is 5.94. The molecule has 0 bridgehead atoms. The third-order valence-corrected chi connectivity index (χ3v) is 6.56. The summed E-state index contributed by atoms with van der Waals surface area (Å²) in [6, 6.07) is 17.8. The van der Waals surface area contributed by atoms with Crippen LogP contribution in [-0.2, 0) is 21.2 Å². The van der Waals surface area contributed by atoms with E-state index in [0.717, 1.165) is 12.0 Å². The molecular formula is C23H22Cl2N2O4S. The topological polar surface area (TPSA) is 84.5 Å². The average molecular weight is 493 g/mol. The van der Waals surface area contributed by atoms with E-state index in [4.69, 9.17) is 27.9 Å². The zero-order valence-corrected chi connectivity index (χ0v) is 19.8. The number of para-hydroxylation sites is 1. The SMILES string of the molecule is CCc1ccccc1OC(C)C(=O)Nc1ccc(S(=O)(=O)Nc2ccc(Cl)cc2Cl)cc1. The van der Waals surface area contributed by atoms with Gasteiger partial charge in [0.2, 0.25) is 0 Å². The lowest BCUT2D eigenvalue weighted by atomic mass is 10.1. The van der Waals surface area contributed by atoms with Gasteiger partial charge >= 0.3 is 0 Å². The number of carbonyl (C=O) groups excluding carboxylic acids is 1. The van der Waals surface area contributed by atoms with Crippen LogP contribution in [0.25, 0.3) is 0 Å². The number of aryl methyl sites for hydroxylation is 1. The van der Waals surface area contributed by atoms with Crippen LogP contribution in [0.5, 0.6) is 5.75 Å². The summed E-state index contributed by atoms with van der Waals surface area (Å²) in [6.07, 6.45) is 0.0511. The molecule has 0 aliphatic heterocycles. The van der Waals surface area contributed by atoms with E-state index in [9.17, 15) is 13.2 Å². The largest absolute Gasteiger partial charge is 0.481 e. The van der Waals surface area contributed by atoms with Gasteiger partial charge in [0, 0.05) is 10.7 Å². The summed E-state index contributed by atoms with van der Waals surface area (Å²) in [7, 11) is -3.87. The quantitative estimate of drug-likeness (QED) is 0.418. The zero-order chi connectivity index (χ0) is 23.3. The Labute approximate surface area is 197 Å². The summed E-state index contributed by atoms with van der Waals surface area (Å²) in [6.45, 7) is 3.67. The standard InChI is InChI=1S/C23H22Cl2N2O4S/c1-3-16-6-4-5-7-22(16)31-15(2)23(28)26-18-9-11-19(12-10-18)32(29,30)27-21-13-8-17(24)14-20(21)25/h4-15,27H,3H2,1-2H3,(H,26,28).